The molecular weight excluding hydrogens is 440 g/mol. The second-order valence-electron chi connectivity index (χ2n) is 7.39. The molecule has 10 nitrogen and oxygen atoms in total. The summed E-state index contributed by atoms with van der Waals surface area (Å²) in [6, 6.07) is 15.7. The molecule has 0 spiro atoms. The predicted octanol–water partition coefficient (Wildman–Crippen LogP) is 1.41. The van der Waals surface area contributed by atoms with Crippen molar-refractivity contribution >= 4 is 34.8 Å². The smallest absolute Gasteiger partial charge is 0.408 e. The summed E-state index contributed by atoms with van der Waals surface area (Å²) in [5.74, 6) is -1.76. The molecule has 0 unspecified atom stereocenters. The van der Waals surface area contributed by atoms with E-state index in [1.165, 1.54) is 7.11 Å². The van der Waals surface area contributed by atoms with Crippen LogP contribution in [0.3, 0.4) is 0 Å². The van der Waals surface area contributed by atoms with Gasteiger partial charge in [-0.2, -0.15) is 0 Å². The number of carbonyl (C=O) groups is 4. The summed E-state index contributed by atoms with van der Waals surface area (Å²) in [5.41, 5.74) is 2.51. The van der Waals surface area contributed by atoms with E-state index >= 15 is 0 Å². The van der Waals surface area contributed by atoms with Crippen LogP contribution >= 0.6 is 0 Å². The van der Waals surface area contributed by atoms with E-state index in [4.69, 9.17) is 4.74 Å². The van der Waals surface area contributed by atoms with Crippen LogP contribution < -0.4 is 16.0 Å². The number of fused-ring (bicyclic) bond motifs is 1. The first kappa shape index (κ1) is 24.3. The van der Waals surface area contributed by atoms with E-state index in [1.807, 2.05) is 54.6 Å². The number of nitrogens with one attached hydrogen (secondary N) is 4. The number of para-hydroxylation sites is 1. The van der Waals surface area contributed by atoms with Crippen LogP contribution in [0.15, 0.2) is 60.8 Å². The molecule has 4 N–H and O–H groups in total. The van der Waals surface area contributed by atoms with Crippen molar-refractivity contribution in [2.45, 2.75) is 19.1 Å². The Balaban J connectivity index is 1.64. The number of aromatic nitrogens is 1. The molecule has 2 aromatic carbocycles. The van der Waals surface area contributed by atoms with Crippen molar-refractivity contribution < 1.29 is 28.7 Å². The van der Waals surface area contributed by atoms with Crippen LogP contribution in [0.1, 0.15) is 11.1 Å². The van der Waals surface area contributed by atoms with Gasteiger partial charge >= 0.3 is 12.1 Å². The van der Waals surface area contributed by atoms with Gasteiger partial charge in [0.1, 0.15) is 19.2 Å². The maximum absolute atomic E-state index is 12.9. The fourth-order valence-corrected chi connectivity index (χ4v) is 3.23. The highest BCUT2D eigenvalue weighted by Crippen LogP contribution is 2.19. The molecular formula is C24H26N4O6. The predicted molar refractivity (Wildman–Crippen MR) is 124 cm³/mol. The van der Waals surface area contributed by atoms with Gasteiger partial charge in [-0.1, -0.05) is 48.5 Å². The molecule has 1 heterocycles. The maximum atomic E-state index is 12.9. The van der Waals surface area contributed by atoms with E-state index in [0.29, 0.717) is 0 Å². The number of carbonyl (C=O) groups excluding carboxylic acids is 4. The van der Waals surface area contributed by atoms with E-state index in [-0.39, 0.29) is 26.1 Å². The van der Waals surface area contributed by atoms with Crippen molar-refractivity contribution in [2.75, 3.05) is 20.2 Å². The number of rotatable bonds is 10. The number of methoxy groups -OCH3 is 1. The first-order valence-corrected chi connectivity index (χ1v) is 10.6. The summed E-state index contributed by atoms with van der Waals surface area (Å²) >= 11 is 0. The monoisotopic (exact) mass is 466 g/mol. The number of alkyl carbamates (subject to hydrolysis) is 1. The number of aromatic amines is 1. The van der Waals surface area contributed by atoms with E-state index in [2.05, 4.69) is 25.7 Å². The van der Waals surface area contributed by atoms with Crippen LogP contribution in [-0.4, -0.2) is 55.1 Å². The lowest BCUT2D eigenvalue weighted by Gasteiger charge is -2.18. The van der Waals surface area contributed by atoms with Gasteiger partial charge in [-0.3, -0.25) is 14.4 Å². The number of amides is 3. The Morgan fingerprint density at radius 2 is 1.68 bits per heavy atom. The molecule has 1 atom stereocenters. The molecule has 34 heavy (non-hydrogen) atoms. The van der Waals surface area contributed by atoms with Gasteiger partial charge in [0.25, 0.3) is 0 Å². The molecule has 0 aliphatic rings. The van der Waals surface area contributed by atoms with Crippen molar-refractivity contribution in [1.29, 1.82) is 0 Å². The standard InChI is InChI=1S/C24H26N4O6/c1-33-22(30)14-26-21(29)13-27-23(31)20(11-17-12-25-19-10-6-5-9-18(17)19)28-24(32)34-15-16-7-3-2-4-8-16/h2-10,12,20,25H,11,13-15H2,1H3,(H,26,29)(H,27,31)(H,28,32)/t20-/m0/s1. The van der Waals surface area contributed by atoms with Gasteiger partial charge in [0.05, 0.1) is 13.7 Å². The summed E-state index contributed by atoms with van der Waals surface area (Å²) in [7, 11) is 1.20. The average molecular weight is 466 g/mol. The molecule has 0 aliphatic carbocycles. The van der Waals surface area contributed by atoms with Crippen molar-refractivity contribution in [3.63, 3.8) is 0 Å². The Morgan fingerprint density at radius 3 is 2.44 bits per heavy atom. The van der Waals surface area contributed by atoms with Crippen LogP contribution in [0.25, 0.3) is 10.9 Å². The molecule has 10 heteroatoms. The summed E-state index contributed by atoms with van der Waals surface area (Å²) in [5, 5.41) is 8.30. The third-order valence-electron chi connectivity index (χ3n) is 5.00. The van der Waals surface area contributed by atoms with E-state index < -0.39 is 29.9 Å². The normalized spacial score (nSPS) is 11.3. The summed E-state index contributed by atoms with van der Waals surface area (Å²) < 4.78 is 9.70. The third-order valence-corrected chi connectivity index (χ3v) is 5.00. The zero-order valence-corrected chi connectivity index (χ0v) is 18.6. The first-order chi connectivity index (χ1) is 16.5. The first-order valence-electron chi connectivity index (χ1n) is 10.6. The molecule has 0 radical (unpaired) electrons. The Labute approximate surface area is 196 Å². The number of ether oxygens (including phenoxy) is 2. The summed E-state index contributed by atoms with van der Waals surface area (Å²) in [4.78, 5) is 51.5. The number of hydrogen-bond acceptors (Lipinski definition) is 6. The lowest BCUT2D eigenvalue weighted by molar-refractivity contribution is -0.141. The van der Waals surface area contributed by atoms with Crippen LogP contribution in [0, 0.1) is 0 Å². The molecule has 0 aliphatic heterocycles. The molecule has 3 amide bonds. The molecule has 0 fully saturated rings. The summed E-state index contributed by atoms with van der Waals surface area (Å²) in [6.45, 7) is -0.640. The van der Waals surface area contributed by atoms with Crippen molar-refractivity contribution in [3.05, 3.63) is 71.9 Å². The third kappa shape index (κ3) is 7.09. The van der Waals surface area contributed by atoms with Gasteiger partial charge in [0, 0.05) is 23.5 Å². The van der Waals surface area contributed by atoms with Crippen LogP contribution in [0.5, 0.6) is 0 Å². The zero-order valence-electron chi connectivity index (χ0n) is 18.6. The number of esters is 1. The molecule has 0 bridgehead atoms. The minimum atomic E-state index is -1.00. The van der Waals surface area contributed by atoms with Crippen LogP contribution in [0.2, 0.25) is 0 Å². The largest absolute Gasteiger partial charge is 0.468 e. The molecule has 1 aromatic heterocycles. The van der Waals surface area contributed by atoms with E-state index in [0.717, 1.165) is 22.0 Å². The highest BCUT2D eigenvalue weighted by atomic mass is 16.5. The van der Waals surface area contributed by atoms with E-state index in [9.17, 15) is 19.2 Å². The van der Waals surface area contributed by atoms with Crippen molar-refractivity contribution in [3.8, 4) is 0 Å². The van der Waals surface area contributed by atoms with E-state index in [1.54, 1.807) is 6.20 Å². The van der Waals surface area contributed by atoms with Crippen LogP contribution in [-0.2, 0) is 36.9 Å². The molecule has 178 valence electrons. The maximum Gasteiger partial charge on any atom is 0.408 e. The zero-order chi connectivity index (χ0) is 24.3. The van der Waals surface area contributed by atoms with Gasteiger partial charge in [-0.05, 0) is 17.2 Å². The molecule has 3 rings (SSSR count). The lowest BCUT2D eigenvalue weighted by Crippen LogP contribution is -2.50. The minimum absolute atomic E-state index is 0.0457. The summed E-state index contributed by atoms with van der Waals surface area (Å²) in [6.07, 6.45) is 1.17. The number of benzene rings is 2. The average Bonchev–Trinajstić information content (AvgIpc) is 3.27. The Kier molecular flexibility index (Phi) is 8.61. The molecule has 0 saturated carbocycles. The van der Waals surface area contributed by atoms with Gasteiger partial charge in [-0.25, -0.2) is 4.79 Å². The van der Waals surface area contributed by atoms with Gasteiger partial charge in [0.2, 0.25) is 11.8 Å². The molecule has 3 aromatic rings. The number of H-pyrrole nitrogens is 1. The topological polar surface area (TPSA) is 139 Å². The SMILES string of the molecule is COC(=O)CNC(=O)CNC(=O)[C@H](Cc1c[nH]c2ccccc12)NC(=O)OCc1ccccc1. The fourth-order valence-electron chi connectivity index (χ4n) is 3.23. The lowest BCUT2D eigenvalue weighted by atomic mass is 10.0. The van der Waals surface area contributed by atoms with Crippen molar-refractivity contribution in [1.82, 2.24) is 20.9 Å². The Bertz CT molecular complexity index is 1140. The second-order valence-corrected chi connectivity index (χ2v) is 7.39. The molecule has 0 saturated heterocycles. The second kappa shape index (κ2) is 12.0. The highest BCUT2D eigenvalue weighted by Gasteiger charge is 2.24. The fraction of sp³-hybridized carbons (Fsp3) is 0.250. The quantitative estimate of drug-likeness (QED) is 0.333. The Morgan fingerprint density at radius 1 is 0.941 bits per heavy atom. The van der Waals surface area contributed by atoms with Gasteiger partial charge < -0.3 is 30.4 Å². The van der Waals surface area contributed by atoms with Crippen LogP contribution in [0.4, 0.5) is 4.79 Å². The van der Waals surface area contributed by atoms with Gasteiger partial charge in [-0.15, -0.1) is 0 Å². The van der Waals surface area contributed by atoms with Crippen molar-refractivity contribution in [2.24, 2.45) is 0 Å². The highest BCUT2D eigenvalue weighted by molar-refractivity contribution is 5.91. The Hall–Kier alpha value is -4.34. The number of hydrogen-bond donors (Lipinski definition) is 4. The van der Waals surface area contributed by atoms with Gasteiger partial charge in [0.15, 0.2) is 0 Å². The minimum Gasteiger partial charge on any atom is -0.468 e.